The number of rotatable bonds is 4. The van der Waals surface area contributed by atoms with E-state index in [1.807, 2.05) is 17.4 Å². The van der Waals surface area contributed by atoms with Gasteiger partial charge in [-0.25, -0.2) is 0 Å². The fourth-order valence-electron chi connectivity index (χ4n) is 10.2. The Kier molecular flexibility index (Phi) is 7.03. The normalized spacial score (nSPS) is 16.3. The fourth-order valence-corrected chi connectivity index (χ4v) is 11.3. The molecule has 0 bridgehead atoms. The molecule has 3 heteroatoms. The molecule has 2 aliphatic rings. The number of nitrogens with zero attached hydrogens (tertiary/aromatic N) is 1. The smallest absolute Gasteiger partial charge is 0.135 e. The van der Waals surface area contributed by atoms with Crippen LogP contribution >= 0.6 is 11.3 Å². The van der Waals surface area contributed by atoms with Crippen LogP contribution in [-0.4, -0.2) is 0 Å². The summed E-state index contributed by atoms with van der Waals surface area (Å²) < 4.78 is 8.99. The Balaban J connectivity index is 1.23. The second-order valence-corrected chi connectivity index (χ2v) is 19.0. The van der Waals surface area contributed by atoms with E-state index in [2.05, 4.69) is 180 Å². The van der Waals surface area contributed by atoms with Crippen LogP contribution in [0.3, 0.4) is 0 Å². The van der Waals surface area contributed by atoms with Gasteiger partial charge in [-0.2, -0.15) is 0 Å². The highest BCUT2D eigenvalue weighted by Gasteiger charge is 2.40. The summed E-state index contributed by atoms with van der Waals surface area (Å²) in [5.41, 5.74) is 16.3. The van der Waals surface area contributed by atoms with E-state index in [9.17, 15) is 0 Å². The maximum Gasteiger partial charge on any atom is 0.135 e. The summed E-state index contributed by atoms with van der Waals surface area (Å²) in [6.07, 6.45) is 2.39. The van der Waals surface area contributed by atoms with Crippen LogP contribution < -0.4 is 4.90 Å². The lowest BCUT2D eigenvalue weighted by atomic mass is 9.63. The molecule has 0 radical (unpaired) electrons. The summed E-state index contributed by atoms with van der Waals surface area (Å²) in [6.45, 7) is 14.5. The van der Waals surface area contributed by atoms with Crippen molar-refractivity contribution < 1.29 is 4.42 Å². The minimum absolute atomic E-state index is 0.111. The van der Waals surface area contributed by atoms with E-state index < -0.39 is 0 Å². The van der Waals surface area contributed by atoms with Gasteiger partial charge in [-0.05, 0) is 112 Å². The van der Waals surface area contributed by atoms with Crippen LogP contribution in [0.15, 0.2) is 144 Å². The number of thiophene rings is 1. The van der Waals surface area contributed by atoms with Gasteiger partial charge in [0.1, 0.15) is 11.2 Å². The van der Waals surface area contributed by atoms with Gasteiger partial charge < -0.3 is 9.32 Å². The van der Waals surface area contributed by atoms with E-state index in [0.29, 0.717) is 0 Å². The van der Waals surface area contributed by atoms with E-state index in [0.717, 1.165) is 27.6 Å². The summed E-state index contributed by atoms with van der Waals surface area (Å²) in [5, 5.41) is 4.95. The molecule has 0 atom stereocenters. The molecule has 0 saturated heterocycles. The second kappa shape index (κ2) is 11.7. The number of para-hydroxylation sites is 2. The lowest BCUT2D eigenvalue weighted by Crippen LogP contribution is -2.33. The molecule has 0 amide bonds. The van der Waals surface area contributed by atoms with E-state index in [1.54, 1.807) is 0 Å². The third-order valence-corrected chi connectivity index (χ3v) is 14.5. The van der Waals surface area contributed by atoms with Gasteiger partial charge in [0.15, 0.2) is 0 Å². The van der Waals surface area contributed by atoms with Gasteiger partial charge in [0.2, 0.25) is 0 Å². The minimum atomic E-state index is -0.126. The molecule has 0 unspecified atom stereocenters. The standard InChI is InChI=1S/C53H45NOS/c1-51(2)27-28-52(3,4)41-31-48-37(30-40(41)51)50-44(22-14-24-47(50)56-48)54(43-21-13-19-39-49(43)35-17-7-10-18-38(35)53(39,5)6)42-20-11-8-15-33(42)32-25-26-46-36(29-32)34-16-9-12-23-45(34)55-46/h7-26,29-31H,27-28H2,1-6H3. The third kappa shape index (κ3) is 4.73. The van der Waals surface area contributed by atoms with Crippen LogP contribution in [0.1, 0.15) is 76.6 Å². The van der Waals surface area contributed by atoms with Gasteiger partial charge in [0.25, 0.3) is 0 Å². The van der Waals surface area contributed by atoms with Crippen LogP contribution in [0.25, 0.3) is 64.4 Å². The van der Waals surface area contributed by atoms with Crippen molar-refractivity contribution in [3.8, 4) is 22.3 Å². The fraction of sp³-hybridized carbons (Fsp3) is 0.208. The van der Waals surface area contributed by atoms with Crippen molar-refractivity contribution in [2.75, 3.05) is 4.90 Å². The highest BCUT2D eigenvalue weighted by atomic mass is 32.1. The maximum atomic E-state index is 6.30. The number of furan rings is 1. The van der Waals surface area contributed by atoms with Crippen LogP contribution in [0.2, 0.25) is 0 Å². The van der Waals surface area contributed by atoms with Gasteiger partial charge >= 0.3 is 0 Å². The van der Waals surface area contributed by atoms with Crippen molar-refractivity contribution in [1.82, 2.24) is 0 Å². The van der Waals surface area contributed by atoms with Crippen LogP contribution in [-0.2, 0) is 16.2 Å². The minimum Gasteiger partial charge on any atom is -0.456 e. The van der Waals surface area contributed by atoms with E-state index in [1.165, 1.54) is 88.9 Å². The first-order chi connectivity index (χ1) is 27.0. The first-order valence-electron chi connectivity index (χ1n) is 20.1. The average Bonchev–Trinajstić information content (AvgIpc) is 3.84. The molecule has 2 aromatic heterocycles. The zero-order valence-corrected chi connectivity index (χ0v) is 33.8. The zero-order valence-electron chi connectivity index (χ0n) is 33.0. The van der Waals surface area contributed by atoms with Crippen LogP contribution in [0.4, 0.5) is 17.1 Å². The molecule has 0 saturated carbocycles. The molecule has 9 aromatic rings. The van der Waals surface area contributed by atoms with Crippen molar-refractivity contribution in [3.05, 3.63) is 162 Å². The molecule has 2 nitrogen and oxygen atoms in total. The molecule has 2 aliphatic carbocycles. The quantitative estimate of drug-likeness (QED) is 0.178. The van der Waals surface area contributed by atoms with Crippen molar-refractivity contribution in [1.29, 1.82) is 0 Å². The second-order valence-electron chi connectivity index (χ2n) is 17.9. The first kappa shape index (κ1) is 33.7. The lowest BCUT2D eigenvalue weighted by molar-refractivity contribution is 0.332. The Morgan fingerprint density at radius 3 is 1.96 bits per heavy atom. The molecule has 0 spiro atoms. The summed E-state index contributed by atoms with van der Waals surface area (Å²) in [7, 11) is 0. The Hall–Kier alpha value is -5.64. The number of hydrogen-bond acceptors (Lipinski definition) is 3. The Labute approximate surface area is 333 Å². The summed E-state index contributed by atoms with van der Waals surface area (Å²) >= 11 is 1.94. The number of hydrogen-bond donors (Lipinski definition) is 0. The molecule has 2 heterocycles. The lowest BCUT2D eigenvalue weighted by Gasteiger charge is -2.42. The van der Waals surface area contributed by atoms with E-state index in [4.69, 9.17) is 4.42 Å². The van der Waals surface area contributed by atoms with Crippen molar-refractivity contribution >= 4 is 70.5 Å². The third-order valence-electron chi connectivity index (χ3n) is 13.3. The highest BCUT2D eigenvalue weighted by molar-refractivity contribution is 7.26. The molecular weight excluding hydrogens is 699 g/mol. The Morgan fingerprint density at radius 2 is 1.12 bits per heavy atom. The predicted octanol–water partition coefficient (Wildman–Crippen LogP) is 15.7. The number of fused-ring (bicyclic) bond motifs is 10. The average molecular weight is 744 g/mol. The van der Waals surface area contributed by atoms with Crippen molar-refractivity contribution in [3.63, 3.8) is 0 Å². The zero-order chi connectivity index (χ0) is 38.1. The highest BCUT2D eigenvalue weighted by Crippen LogP contribution is 2.57. The molecule has 56 heavy (non-hydrogen) atoms. The van der Waals surface area contributed by atoms with E-state index >= 15 is 0 Å². The molecule has 0 aliphatic heterocycles. The first-order valence-corrected chi connectivity index (χ1v) is 20.9. The monoisotopic (exact) mass is 743 g/mol. The molecule has 7 aromatic carbocycles. The SMILES string of the molecule is CC1(C)CCC(C)(C)c2cc3c(cc21)sc1cccc(N(c2ccccc2-c2ccc4oc5ccccc5c4c2)c2cccc4c2-c2ccccc2C4(C)C)c13. The molecular formula is C53H45NOS. The molecule has 0 N–H and O–H groups in total. The predicted molar refractivity (Wildman–Crippen MR) is 240 cm³/mol. The summed E-state index contributed by atoms with van der Waals surface area (Å²) in [5.74, 6) is 0. The summed E-state index contributed by atoms with van der Waals surface area (Å²) in [6, 6.07) is 52.1. The van der Waals surface area contributed by atoms with Gasteiger partial charge in [-0.15, -0.1) is 11.3 Å². The van der Waals surface area contributed by atoms with E-state index in [-0.39, 0.29) is 16.2 Å². The Morgan fingerprint density at radius 1 is 0.482 bits per heavy atom. The molecule has 274 valence electrons. The van der Waals surface area contributed by atoms with Gasteiger partial charge in [-0.1, -0.05) is 126 Å². The summed E-state index contributed by atoms with van der Waals surface area (Å²) in [4.78, 5) is 2.59. The molecule has 11 rings (SSSR count). The Bertz CT molecular complexity index is 3080. The van der Waals surface area contributed by atoms with Gasteiger partial charge in [-0.3, -0.25) is 0 Å². The van der Waals surface area contributed by atoms with Crippen molar-refractivity contribution in [2.24, 2.45) is 0 Å². The topological polar surface area (TPSA) is 16.4 Å². The molecule has 0 fully saturated rings. The number of benzene rings is 7. The van der Waals surface area contributed by atoms with Crippen LogP contribution in [0, 0.1) is 0 Å². The largest absolute Gasteiger partial charge is 0.456 e. The van der Waals surface area contributed by atoms with Gasteiger partial charge in [0, 0.05) is 47.5 Å². The maximum absolute atomic E-state index is 6.30. The van der Waals surface area contributed by atoms with Crippen LogP contribution in [0.5, 0.6) is 0 Å². The van der Waals surface area contributed by atoms with Gasteiger partial charge in [0.05, 0.1) is 17.1 Å². The number of anilines is 3. The van der Waals surface area contributed by atoms with Crippen molar-refractivity contribution in [2.45, 2.75) is 70.6 Å².